The number of hydrogen-bond acceptors (Lipinski definition) is 3. The second-order valence-electron chi connectivity index (χ2n) is 7.43. The van der Waals surface area contributed by atoms with E-state index in [1.807, 2.05) is 55.5 Å². The standard InChI is InChI=1S/C25H27N3O2/c1-18-12-13-22(14-19(18)2)26-16-24(29)27-23-11-7-10-21(15-23)25(30)28(3)17-20-8-5-4-6-9-20/h4-15,26H,16-17H2,1-3H3,(H,27,29). The Morgan fingerprint density at radius 1 is 0.833 bits per heavy atom. The molecule has 30 heavy (non-hydrogen) atoms. The van der Waals surface area contributed by atoms with Gasteiger partial charge in [-0.1, -0.05) is 42.5 Å². The highest BCUT2D eigenvalue weighted by Gasteiger charge is 2.13. The van der Waals surface area contributed by atoms with Crippen molar-refractivity contribution in [2.24, 2.45) is 0 Å². The van der Waals surface area contributed by atoms with E-state index in [0.717, 1.165) is 11.3 Å². The topological polar surface area (TPSA) is 61.4 Å². The second kappa shape index (κ2) is 9.74. The molecule has 0 unspecified atom stereocenters. The van der Waals surface area contributed by atoms with Gasteiger partial charge in [-0.2, -0.15) is 0 Å². The lowest BCUT2D eigenvalue weighted by atomic mass is 10.1. The predicted molar refractivity (Wildman–Crippen MR) is 122 cm³/mol. The number of nitrogens with one attached hydrogen (secondary N) is 2. The van der Waals surface area contributed by atoms with Crippen molar-refractivity contribution in [3.05, 3.63) is 95.1 Å². The summed E-state index contributed by atoms with van der Waals surface area (Å²) in [5.74, 6) is -0.265. The molecule has 0 bridgehead atoms. The maximum absolute atomic E-state index is 12.8. The lowest BCUT2D eigenvalue weighted by Gasteiger charge is -2.18. The van der Waals surface area contributed by atoms with Gasteiger partial charge in [0.2, 0.25) is 5.91 Å². The van der Waals surface area contributed by atoms with Crippen molar-refractivity contribution in [1.29, 1.82) is 0 Å². The molecular weight excluding hydrogens is 374 g/mol. The van der Waals surface area contributed by atoms with Crippen LogP contribution in [-0.2, 0) is 11.3 Å². The Balaban J connectivity index is 1.58. The first-order valence-corrected chi connectivity index (χ1v) is 9.93. The maximum Gasteiger partial charge on any atom is 0.253 e. The third-order valence-corrected chi connectivity index (χ3v) is 4.96. The van der Waals surface area contributed by atoms with Gasteiger partial charge in [-0.25, -0.2) is 0 Å². The first kappa shape index (κ1) is 21.1. The van der Waals surface area contributed by atoms with Crippen molar-refractivity contribution in [3.8, 4) is 0 Å². The minimum atomic E-state index is -0.171. The molecule has 0 atom stereocenters. The van der Waals surface area contributed by atoms with Crippen molar-refractivity contribution in [1.82, 2.24) is 4.90 Å². The number of carbonyl (C=O) groups excluding carboxylic acids is 2. The minimum absolute atomic E-state index is 0.0943. The molecule has 0 saturated heterocycles. The van der Waals surface area contributed by atoms with Crippen LogP contribution in [0.15, 0.2) is 72.8 Å². The van der Waals surface area contributed by atoms with Crippen LogP contribution in [0.3, 0.4) is 0 Å². The molecule has 0 spiro atoms. The molecule has 3 aromatic carbocycles. The van der Waals surface area contributed by atoms with Gasteiger partial charge in [-0.3, -0.25) is 9.59 Å². The van der Waals surface area contributed by atoms with Crippen LogP contribution in [0.2, 0.25) is 0 Å². The van der Waals surface area contributed by atoms with E-state index in [1.54, 1.807) is 36.2 Å². The summed E-state index contributed by atoms with van der Waals surface area (Å²) in [6, 6.07) is 22.9. The van der Waals surface area contributed by atoms with E-state index in [0.29, 0.717) is 17.8 Å². The van der Waals surface area contributed by atoms with Gasteiger partial charge >= 0.3 is 0 Å². The SMILES string of the molecule is Cc1ccc(NCC(=O)Nc2cccc(C(=O)N(C)Cc3ccccc3)c2)cc1C. The molecule has 0 aliphatic heterocycles. The average molecular weight is 402 g/mol. The fourth-order valence-electron chi connectivity index (χ4n) is 3.12. The summed E-state index contributed by atoms with van der Waals surface area (Å²) in [5.41, 5.74) is 5.49. The quantitative estimate of drug-likeness (QED) is 0.607. The van der Waals surface area contributed by atoms with E-state index in [2.05, 4.69) is 17.6 Å². The zero-order valence-electron chi connectivity index (χ0n) is 17.6. The Kier molecular flexibility index (Phi) is 6.86. The summed E-state index contributed by atoms with van der Waals surface area (Å²) >= 11 is 0. The van der Waals surface area contributed by atoms with Crippen LogP contribution < -0.4 is 10.6 Å². The van der Waals surface area contributed by atoms with Crippen LogP contribution in [0.1, 0.15) is 27.0 Å². The third-order valence-electron chi connectivity index (χ3n) is 4.96. The molecule has 0 aromatic heterocycles. The summed E-state index contributed by atoms with van der Waals surface area (Å²) in [5, 5.41) is 5.98. The van der Waals surface area contributed by atoms with Crippen LogP contribution in [0.5, 0.6) is 0 Å². The lowest BCUT2D eigenvalue weighted by molar-refractivity contribution is -0.114. The number of carbonyl (C=O) groups is 2. The van der Waals surface area contributed by atoms with Gasteiger partial charge < -0.3 is 15.5 Å². The number of anilines is 2. The molecule has 5 nitrogen and oxygen atoms in total. The van der Waals surface area contributed by atoms with Crippen LogP contribution in [0, 0.1) is 13.8 Å². The second-order valence-corrected chi connectivity index (χ2v) is 7.43. The number of benzene rings is 3. The maximum atomic E-state index is 12.8. The fourth-order valence-corrected chi connectivity index (χ4v) is 3.12. The molecule has 0 radical (unpaired) electrons. The van der Waals surface area contributed by atoms with Gasteiger partial charge in [0.15, 0.2) is 0 Å². The number of aryl methyl sites for hydroxylation is 2. The van der Waals surface area contributed by atoms with Gasteiger partial charge in [0.05, 0.1) is 6.54 Å². The summed E-state index contributed by atoms with van der Waals surface area (Å²) in [4.78, 5) is 26.7. The van der Waals surface area contributed by atoms with Gasteiger partial charge in [-0.15, -0.1) is 0 Å². The fraction of sp³-hybridized carbons (Fsp3) is 0.200. The minimum Gasteiger partial charge on any atom is -0.376 e. The lowest BCUT2D eigenvalue weighted by Crippen LogP contribution is -2.26. The Morgan fingerprint density at radius 3 is 2.33 bits per heavy atom. The van der Waals surface area contributed by atoms with Gasteiger partial charge in [0.1, 0.15) is 0 Å². The Bertz CT molecular complexity index is 1030. The molecule has 3 rings (SSSR count). The summed E-state index contributed by atoms with van der Waals surface area (Å²) < 4.78 is 0. The normalized spacial score (nSPS) is 10.4. The first-order valence-electron chi connectivity index (χ1n) is 9.93. The number of amides is 2. The molecule has 0 saturated carbocycles. The molecule has 0 heterocycles. The molecule has 0 aliphatic rings. The summed E-state index contributed by atoms with van der Waals surface area (Å²) in [7, 11) is 1.77. The molecule has 5 heteroatoms. The molecular formula is C25H27N3O2. The van der Waals surface area contributed by atoms with Crippen LogP contribution in [-0.4, -0.2) is 30.3 Å². The van der Waals surface area contributed by atoms with E-state index in [-0.39, 0.29) is 18.4 Å². The highest BCUT2D eigenvalue weighted by Crippen LogP contribution is 2.15. The van der Waals surface area contributed by atoms with E-state index < -0.39 is 0 Å². The van der Waals surface area contributed by atoms with Crippen LogP contribution in [0.25, 0.3) is 0 Å². The average Bonchev–Trinajstić information content (AvgIpc) is 2.75. The summed E-state index contributed by atoms with van der Waals surface area (Å²) in [6.07, 6.45) is 0. The zero-order chi connectivity index (χ0) is 21.5. The Morgan fingerprint density at radius 2 is 1.60 bits per heavy atom. The molecule has 0 fully saturated rings. The van der Waals surface area contributed by atoms with Gasteiger partial charge in [0, 0.05) is 30.5 Å². The third kappa shape index (κ3) is 5.70. The number of rotatable bonds is 7. The van der Waals surface area contributed by atoms with Gasteiger partial charge in [0.25, 0.3) is 5.91 Å². The zero-order valence-corrected chi connectivity index (χ0v) is 17.6. The Labute approximate surface area is 177 Å². The molecule has 154 valence electrons. The van der Waals surface area contributed by atoms with Crippen molar-refractivity contribution >= 4 is 23.2 Å². The highest BCUT2D eigenvalue weighted by atomic mass is 16.2. The molecule has 3 aromatic rings. The van der Waals surface area contributed by atoms with Crippen LogP contribution >= 0.6 is 0 Å². The highest BCUT2D eigenvalue weighted by molar-refractivity contribution is 5.98. The van der Waals surface area contributed by atoms with E-state index in [1.165, 1.54) is 11.1 Å². The van der Waals surface area contributed by atoms with E-state index >= 15 is 0 Å². The number of hydrogen-bond donors (Lipinski definition) is 2. The van der Waals surface area contributed by atoms with Crippen molar-refractivity contribution < 1.29 is 9.59 Å². The number of nitrogens with zero attached hydrogens (tertiary/aromatic N) is 1. The molecule has 2 N–H and O–H groups in total. The monoisotopic (exact) mass is 401 g/mol. The Hall–Kier alpha value is -3.60. The van der Waals surface area contributed by atoms with Crippen molar-refractivity contribution in [3.63, 3.8) is 0 Å². The van der Waals surface area contributed by atoms with Crippen molar-refractivity contribution in [2.75, 3.05) is 24.2 Å². The first-order chi connectivity index (χ1) is 14.4. The van der Waals surface area contributed by atoms with E-state index in [9.17, 15) is 9.59 Å². The smallest absolute Gasteiger partial charge is 0.253 e. The molecule has 2 amide bonds. The van der Waals surface area contributed by atoms with E-state index in [4.69, 9.17) is 0 Å². The summed E-state index contributed by atoms with van der Waals surface area (Å²) in [6.45, 7) is 4.76. The van der Waals surface area contributed by atoms with Crippen molar-refractivity contribution in [2.45, 2.75) is 20.4 Å². The predicted octanol–water partition coefficient (Wildman–Crippen LogP) is 4.63. The van der Waals surface area contributed by atoms with Crippen LogP contribution in [0.4, 0.5) is 11.4 Å². The molecule has 0 aliphatic carbocycles. The van der Waals surface area contributed by atoms with Gasteiger partial charge in [-0.05, 0) is 60.9 Å². The largest absolute Gasteiger partial charge is 0.376 e.